The van der Waals surface area contributed by atoms with Crippen LogP contribution in [0.5, 0.6) is 0 Å². The zero-order chi connectivity index (χ0) is 10.7. The summed E-state index contributed by atoms with van der Waals surface area (Å²) in [6, 6.07) is 7.80. The lowest BCUT2D eigenvalue weighted by Gasteiger charge is -2.01. The summed E-state index contributed by atoms with van der Waals surface area (Å²) in [6.45, 7) is 1.90. The highest BCUT2D eigenvalue weighted by Crippen LogP contribution is 2.15. The minimum Gasteiger partial charge on any atom is -0.360 e. The van der Waals surface area contributed by atoms with E-state index in [-0.39, 0.29) is 6.42 Å². The zero-order valence-corrected chi connectivity index (χ0v) is 8.36. The lowest BCUT2D eigenvalue weighted by Crippen LogP contribution is -1.98. The molecule has 0 spiro atoms. The van der Waals surface area contributed by atoms with Crippen LogP contribution < -0.4 is 0 Å². The number of nitriles is 1. The molecule has 0 saturated heterocycles. The molecule has 0 fully saturated rings. The highest BCUT2D eigenvalue weighted by Gasteiger charge is 2.04. The Balaban J connectivity index is 2.45. The Hall–Kier alpha value is -2.15. The molecule has 0 aliphatic carbocycles. The van der Waals surface area contributed by atoms with E-state index >= 15 is 0 Å². The first-order chi connectivity index (χ1) is 7.29. The highest BCUT2D eigenvalue weighted by molar-refractivity contribution is 5.54. The second-order valence-corrected chi connectivity index (χ2v) is 3.23. The van der Waals surface area contributed by atoms with Gasteiger partial charge in [0.15, 0.2) is 0 Å². The molecule has 74 valence electrons. The summed E-state index contributed by atoms with van der Waals surface area (Å²) in [4.78, 5) is 11.6. The fraction of sp³-hybridized carbons (Fsp3) is 0.182. The summed E-state index contributed by atoms with van der Waals surface area (Å²) in [5.74, 6) is 0.571. The predicted octanol–water partition coefficient (Wildman–Crippen LogP) is 1.85. The SMILES string of the molecule is Cc1cc(-c2ccc[nH]2)nc(CC#N)n1. The monoisotopic (exact) mass is 198 g/mol. The van der Waals surface area contributed by atoms with Gasteiger partial charge in [0.25, 0.3) is 0 Å². The fourth-order valence-electron chi connectivity index (χ4n) is 1.41. The maximum atomic E-state index is 8.59. The van der Waals surface area contributed by atoms with Gasteiger partial charge in [0.05, 0.1) is 23.9 Å². The Morgan fingerprint density at radius 3 is 3.00 bits per heavy atom. The minimum atomic E-state index is 0.245. The number of rotatable bonds is 2. The Bertz CT molecular complexity index is 494. The average molecular weight is 198 g/mol. The third-order valence-electron chi connectivity index (χ3n) is 2.01. The first kappa shape index (κ1) is 9.41. The van der Waals surface area contributed by atoms with Gasteiger partial charge in [-0.3, -0.25) is 0 Å². The van der Waals surface area contributed by atoms with E-state index in [1.54, 1.807) is 0 Å². The average Bonchev–Trinajstić information content (AvgIpc) is 2.70. The molecule has 0 radical (unpaired) electrons. The first-order valence-corrected chi connectivity index (χ1v) is 4.65. The van der Waals surface area contributed by atoms with Crippen LogP contribution >= 0.6 is 0 Å². The lowest BCUT2D eigenvalue weighted by atomic mass is 10.2. The van der Waals surface area contributed by atoms with Crippen molar-refractivity contribution in [2.24, 2.45) is 0 Å². The molecule has 4 heteroatoms. The molecule has 0 aromatic carbocycles. The molecule has 0 bridgehead atoms. The molecule has 0 aliphatic rings. The summed E-state index contributed by atoms with van der Waals surface area (Å²) in [5.41, 5.74) is 2.65. The second-order valence-electron chi connectivity index (χ2n) is 3.23. The number of nitrogens with zero attached hydrogens (tertiary/aromatic N) is 3. The van der Waals surface area contributed by atoms with Gasteiger partial charge in [-0.05, 0) is 25.1 Å². The van der Waals surface area contributed by atoms with Gasteiger partial charge < -0.3 is 4.98 Å². The Labute approximate surface area is 87.6 Å². The van der Waals surface area contributed by atoms with Crippen LogP contribution in [0.15, 0.2) is 24.4 Å². The number of aromatic nitrogens is 3. The molecule has 1 N–H and O–H groups in total. The Morgan fingerprint density at radius 2 is 2.33 bits per heavy atom. The predicted molar refractivity (Wildman–Crippen MR) is 55.9 cm³/mol. The molecule has 0 saturated carbocycles. The molecule has 4 nitrogen and oxygen atoms in total. The highest BCUT2D eigenvalue weighted by atomic mass is 14.9. The van der Waals surface area contributed by atoms with Crippen LogP contribution in [0.4, 0.5) is 0 Å². The number of hydrogen-bond donors (Lipinski definition) is 1. The van der Waals surface area contributed by atoms with Crippen LogP contribution in [0.2, 0.25) is 0 Å². The molecule has 15 heavy (non-hydrogen) atoms. The summed E-state index contributed by atoms with van der Waals surface area (Å²) >= 11 is 0. The van der Waals surface area contributed by atoms with Crippen molar-refractivity contribution in [1.82, 2.24) is 15.0 Å². The van der Waals surface area contributed by atoms with Crippen LogP contribution in [-0.2, 0) is 6.42 Å². The number of aryl methyl sites for hydroxylation is 1. The quantitative estimate of drug-likeness (QED) is 0.800. The molecule has 2 aromatic rings. The van der Waals surface area contributed by atoms with E-state index in [4.69, 9.17) is 5.26 Å². The van der Waals surface area contributed by atoms with E-state index in [9.17, 15) is 0 Å². The summed E-state index contributed by atoms with van der Waals surface area (Å²) in [6.07, 6.45) is 2.09. The van der Waals surface area contributed by atoms with Gasteiger partial charge in [-0.2, -0.15) is 5.26 Å². The van der Waals surface area contributed by atoms with E-state index in [1.807, 2.05) is 37.4 Å². The molecular formula is C11H10N4. The van der Waals surface area contributed by atoms with Crippen molar-refractivity contribution in [2.75, 3.05) is 0 Å². The van der Waals surface area contributed by atoms with Crippen LogP contribution in [0.25, 0.3) is 11.4 Å². The third-order valence-corrected chi connectivity index (χ3v) is 2.01. The van der Waals surface area contributed by atoms with E-state index in [0.29, 0.717) is 5.82 Å². The number of aromatic amines is 1. The Morgan fingerprint density at radius 1 is 1.47 bits per heavy atom. The number of H-pyrrole nitrogens is 1. The second kappa shape index (κ2) is 3.93. The van der Waals surface area contributed by atoms with Crippen LogP contribution in [0.1, 0.15) is 11.5 Å². The van der Waals surface area contributed by atoms with Gasteiger partial charge >= 0.3 is 0 Å². The first-order valence-electron chi connectivity index (χ1n) is 4.65. The largest absolute Gasteiger partial charge is 0.360 e. The van der Waals surface area contributed by atoms with Crippen LogP contribution in [-0.4, -0.2) is 15.0 Å². The van der Waals surface area contributed by atoms with E-state index in [1.165, 1.54) is 0 Å². The van der Waals surface area contributed by atoms with Gasteiger partial charge in [0.1, 0.15) is 5.82 Å². The third kappa shape index (κ3) is 2.02. The number of hydrogen-bond acceptors (Lipinski definition) is 3. The summed E-state index contributed by atoms with van der Waals surface area (Å²) in [5, 5.41) is 8.59. The van der Waals surface area contributed by atoms with E-state index in [2.05, 4.69) is 15.0 Å². The van der Waals surface area contributed by atoms with Crippen molar-refractivity contribution in [3.05, 3.63) is 35.9 Å². The maximum absolute atomic E-state index is 8.59. The van der Waals surface area contributed by atoms with Crippen molar-refractivity contribution in [1.29, 1.82) is 5.26 Å². The van der Waals surface area contributed by atoms with Crippen molar-refractivity contribution >= 4 is 0 Å². The standard InChI is InChI=1S/C11H10N4/c1-8-7-10(9-3-2-6-13-9)15-11(14-8)4-5-12/h2-3,6-7,13H,4H2,1H3. The van der Waals surface area contributed by atoms with Gasteiger partial charge in [0, 0.05) is 11.9 Å². The van der Waals surface area contributed by atoms with Crippen LogP contribution in [0, 0.1) is 18.3 Å². The topological polar surface area (TPSA) is 65.4 Å². The number of nitrogens with one attached hydrogen (secondary N) is 1. The molecule has 2 aromatic heterocycles. The minimum absolute atomic E-state index is 0.245. The van der Waals surface area contributed by atoms with Gasteiger partial charge in [-0.25, -0.2) is 9.97 Å². The Kier molecular flexibility index (Phi) is 2.46. The van der Waals surface area contributed by atoms with Crippen molar-refractivity contribution < 1.29 is 0 Å². The molecule has 0 amide bonds. The molecule has 0 aliphatic heterocycles. The van der Waals surface area contributed by atoms with Crippen LogP contribution in [0.3, 0.4) is 0 Å². The van der Waals surface area contributed by atoms with Crippen molar-refractivity contribution in [3.8, 4) is 17.5 Å². The van der Waals surface area contributed by atoms with Gasteiger partial charge in [-0.1, -0.05) is 0 Å². The van der Waals surface area contributed by atoms with E-state index in [0.717, 1.165) is 17.1 Å². The van der Waals surface area contributed by atoms with Crippen molar-refractivity contribution in [3.63, 3.8) is 0 Å². The summed E-state index contributed by atoms with van der Waals surface area (Å²) in [7, 11) is 0. The molecule has 0 atom stereocenters. The maximum Gasteiger partial charge on any atom is 0.143 e. The molecular weight excluding hydrogens is 188 g/mol. The molecule has 0 unspecified atom stereocenters. The van der Waals surface area contributed by atoms with Gasteiger partial charge in [-0.15, -0.1) is 0 Å². The zero-order valence-electron chi connectivity index (χ0n) is 8.36. The molecule has 2 heterocycles. The smallest absolute Gasteiger partial charge is 0.143 e. The summed E-state index contributed by atoms with van der Waals surface area (Å²) < 4.78 is 0. The fourth-order valence-corrected chi connectivity index (χ4v) is 1.41. The molecule has 2 rings (SSSR count). The van der Waals surface area contributed by atoms with Crippen molar-refractivity contribution in [2.45, 2.75) is 13.3 Å². The lowest BCUT2D eigenvalue weighted by molar-refractivity contribution is 0.966. The van der Waals surface area contributed by atoms with E-state index < -0.39 is 0 Å². The van der Waals surface area contributed by atoms with Gasteiger partial charge in [0.2, 0.25) is 0 Å². The normalized spacial score (nSPS) is 9.87.